The first-order chi connectivity index (χ1) is 15.1. The van der Waals surface area contributed by atoms with E-state index in [1.807, 2.05) is 47.9 Å². The summed E-state index contributed by atoms with van der Waals surface area (Å²) >= 11 is 1.59. The van der Waals surface area contributed by atoms with Crippen LogP contribution in [0, 0.1) is 6.92 Å². The van der Waals surface area contributed by atoms with Crippen LogP contribution in [0.1, 0.15) is 23.4 Å². The van der Waals surface area contributed by atoms with Gasteiger partial charge in [-0.1, -0.05) is 66.4 Å². The van der Waals surface area contributed by atoms with Crippen molar-refractivity contribution in [2.75, 3.05) is 5.75 Å². The lowest BCUT2D eigenvalue weighted by Gasteiger charge is -2.23. The summed E-state index contributed by atoms with van der Waals surface area (Å²) in [6, 6.07) is 17.5. The third kappa shape index (κ3) is 5.40. The summed E-state index contributed by atoms with van der Waals surface area (Å²) in [5, 5.41) is 14.6. The molecule has 8 heteroatoms. The number of carbonyl (C=O) groups is 2. The van der Waals surface area contributed by atoms with E-state index in [9.17, 15) is 9.59 Å². The lowest BCUT2D eigenvalue weighted by molar-refractivity contribution is -0.121. The molecule has 3 aromatic rings. The molecule has 0 bridgehead atoms. The Morgan fingerprint density at radius 1 is 1.13 bits per heavy atom. The average molecular weight is 434 g/mol. The van der Waals surface area contributed by atoms with Gasteiger partial charge in [-0.25, -0.2) is 4.79 Å². The molecule has 7 nitrogen and oxygen atoms in total. The van der Waals surface area contributed by atoms with Crippen LogP contribution in [0.15, 0.2) is 65.8 Å². The van der Waals surface area contributed by atoms with Crippen LogP contribution in [0.4, 0.5) is 4.79 Å². The van der Waals surface area contributed by atoms with Crippen molar-refractivity contribution in [3.63, 3.8) is 0 Å². The smallest absolute Gasteiger partial charge is 0.321 e. The number of nitrogens with one attached hydrogen (secondary N) is 2. The number of thioether (sulfide) groups is 1. The number of urea groups is 1. The standard InChI is InChI=1S/C23H23N5O2S/c1-16-7-5-11-19(13-16)28-20(14-18-15-21(29)25-22(30)24-18)26-27-23(28)31-12-6-10-17-8-3-2-4-9-17/h2-11,13,18H,12,14-15H2,1H3,(H2,24,25,29,30)/b10-6+. The highest BCUT2D eigenvalue weighted by atomic mass is 32.2. The first kappa shape index (κ1) is 20.9. The number of aromatic nitrogens is 3. The van der Waals surface area contributed by atoms with Crippen molar-refractivity contribution < 1.29 is 9.59 Å². The van der Waals surface area contributed by atoms with Crippen molar-refractivity contribution in [3.8, 4) is 5.69 Å². The monoisotopic (exact) mass is 433 g/mol. The van der Waals surface area contributed by atoms with Gasteiger partial charge < -0.3 is 5.32 Å². The third-order valence-corrected chi connectivity index (χ3v) is 5.71. The van der Waals surface area contributed by atoms with Crippen LogP contribution in [0.2, 0.25) is 0 Å². The van der Waals surface area contributed by atoms with Gasteiger partial charge in [-0.05, 0) is 30.2 Å². The molecule has 2 heterocycles. The zero-order chi connectivity index (χ0) is 21.6. The normalized spacial score (nSPS) is 16.4. The average Bonchev–Trinajstić information content (AvgIpc) is 3.13. The van der Waals surface area contributed by atoms with Gasteiger partial charge in [0, 0.05) is 30.3 Å². The maximum Gasteiger partial charge on any atom is 0.321 e. The number of aryl methyl sites for hydroxylation is 1. The fraction of sp³-hybridized carbons (Fsp3) is 0.217. The lowest BCUT2D eigenvalue weighted by Crippen LogP contribution is -2.53. The van der Waals surface area contributed by atoms with E-state index in [1.165, 1.54) is 0 Å². The second-order valence-corrected chi connectivity index (χ2v) is 8.31. The van der Waals surface area contributed by atoms with Gasteiger partial charge in [-0.3, -0.25) is 14.7 Å². The van der Waals surface area contributed by atoms with Crippen molar-refractivity contribution in [1.82, 2.24) is 25.4 Å². The molecule has 158 valence electrons. The van der Waals surface area contributed by atoms with Crippen molar-refractivity contribution in [2.45, 2.75) is 31.0 Å². The second kappa shape index (κ2) is 9.61. The minimum absolute atomic E-state index is 0.217. The van der Waals surface area contributed by atoms with E-state index in [0.717, 1.165) is 27.7 Å². The van der Waals surface area contributed by atoms with Crippen LogP contribution >= 0.6 is 11.8 Å². The SMILES string of the molecule is Cc1cccc(-n2c(CC3CC(=O)NC(=O)N3)nnc2SC/C=C/c2ccccc2)c1. The topological polar surface area (TPSA) is 88.9 Å². The molecule has 1 aliphatic heterocycles. The molecule has 2 N–H and O–H groups in total. The summed E-state index contributed by atoms with van der Waals surface area (Å²) in [4.78, 5) is 23.4. The van der Waals surface area contributed by atoms with Crippen LogP contribution in [-0.4, -0.2) is 38.5 Å². The van der Waals surface area contributed by atoms with E-state index in [4.69, 9.17) is 0 Å². The van der Waals surface area contributed by atoms with Crippen molar-refractivity contribution >= 4 is 29.8 Å². The summed E-state index contributed by atoms with van der Waals surface area (Å²) in [5.41, 5.74) is 3.24. The number of rotatable bonds is 7. The molecular weight excluding hydrogens is 410 g/mol. The van der Waals surface area contributed by atoms with Gasteiger partial charge >= 0.3 is 6.03 Å². The number of benzene rings is 2. The van der Waals surface area contributed by atoms with Crippen LogP contribution < -0.4 is 10.6 Å². The molecule has 0 aliphatic carbocycles. The first-order valence-electron chi connectivity index (χ1n) is 10.0. The van der Waals surface area contributed by atoms with E-state index >= 15 is 0 Å². The molecule has 0 spiro atoms. The highest BCUT2D eigenvalue weighted by Crippen LogP contribution is 2.24. The van der Waals surface area contributed by atoms with E-state index in [2.05, 4.69) is 51.2 Å². The summed E-state index contributed by atoms with van der Waals surface area (Å²) in [6.45, 7) is 2.04. The van der Waals surface area contributed by atoms with Crippen LogP contribution in [0.5, 0.6) is 0 Å². The Bertz CT molecular complexity index is 1090. The van der Waals surface area contributed by atoms with Crippen molar-refractivity contribution in [3.05, 3.63) is 77.6 Å². The molecule has 2 aromatic carbocycles. The predicted octanol–water partition coefficient (Wildman–Crippen LogP) is 3.52. The van der Waals surface area contributed by atoms with Gasteiger partial charge in [0.1, 0.15) is 5.82 Å². The van der Waals surface area contributed by atoms with E-state index in [1.54, 1.807) is 11.8 Å². The number of carbonyl (C=O) groups excluding carboxylic acids is 2. The highest BCUT2D eigenvalue weighted by molar-refractivity contribution is 7.99. The van der Waals surface area contributed by atoms with Crippen molar-refractivity contribution in [1.29, 1.82) is 0 Å². The number of hydrogen-bond acceptors (Lipinski definition) is 5. The predicted molar refractivity (Wildman–Crippen MR) is 121 cm³/mol. The molecule has 4 rings (SSSR count). The van der Waals surface area contributed by atoms with Crippen molar-refractivity contribution in [2.24, 2.45) is 0 Å². The summed E-state index contributed by atoms with van der Waals surface area (Å²) in [6.07, 6.45) is 4.81. The zero-order valence-electron chi connectivity index (χ0n) is 17.1. The quantitative estimate of drug-likeness (QED) is 0.557. The third-order valence-electron chi connectivity index (χ3n) is 4.83. The fourth-order valence-corrected chi connectivity index (χ4v) is 4.22. The summed E-state index contributed by atoms with van der Waals surface area (Å²) < 4.78 is 2.01. The Kier molecular flexibility index (Phi) is 6.47. The Hall–Kier alpha value is -3.39. The zero-order valence-corrected chi connectivity index (χ0v) is 17.9. The molecule has 0 saturated carbocycles. The van der Waals surface area contributed by atoms with E-state index in [-0.39, 0.29) is 18.4 Å². The molecule has 0 radical (unpaired) electrons. The van der Waals surface area contributed by atoms with Crippen LogP contribution in [0.25, 0.3) is 11.8 Å². The maximum absolute atomic E-state index is 11.7. The largest absolute Gasteiger partial charge is 0.334 e. The molecule has 1 fully saturated rings. The molecule has 1 saturated heterocycles. The van der Waals surface area contributed by atoms with Gasteiger partial charge in [0.2, 0.25) is 5.91 Å². The fourth-order valence-electron chi connectivity index (χ4n) is 3.44. The molecule has 1 aliphatic rings. The van der Waals surface area contributed by atoms with Gasteiger partial charge in [0.15, 0.2) is 5.16 Å². The van der Waals surface area contributed by atoms with Gasteiger partial charge in [-0.2, -0.15) is 0 Å². The molecule has 31 heavy (non-hydrogen) atoms. The molecule has 1 atom stereocenters. The molecule has 1 unspecified atom stereocenters. The maximum atomic E-state index is 11.7. The van der Waals surface area contributed by atoms with Gasteiger partial charge in [0.05, 0.1) is 0 Å². The molecule has 3 amide bonds. The Morgan fingerprint density at radius 2 is 1.97 bits per heavy atom. The van der Waals surface area contributed by atoms with E-state index in [0.29, 0.717) is 12.2 Å². The second-order valence-electron chi connectivity index (χ2n) is 7.32. The van der Waals surface area contributed by atoms with E-state index < -0.39 is 6.03 Å². The first-order valence-corrected chi connectivity index (χ1v) is 11.0. The minimum atomic E-state index is -0.469. The Morgan fingerprint density at radius 3 is 2.74 bits per heavy atom. The van der Waals surface area contributed by atoms with Crippen LogP contribution in [-0.2, 0) is 11.2 Å². The highest BCUT2D eigenvalue weighted by Gasteiger charge is 2.26. The minimum Gasteiger partial charge on any atom is -0.334 e. The van der Waals surface area contributed by atoms with Gasteiger partial charge in [0.25, 0.3) is 0 Å². The lowest BCUT2D eigenvalue weighted by atomic mass is 10.1. The summed E-state index contributed by atoms with van der Waals surface area (Å²) in [5.74, 6) is 1.16. The number of hydrogen-bond donors (Lipinski definition) is 2. The van der Waals surface area contributed by atoms with Crippen LogP contribution in [0.3, 0.4) is 0 Å². The number of nitrogens with zero attached hydrogens (tertiary/aromatic N) is 3. The molecule has 1 aromatic heterocycles. The number of imide groups is 1. The number of amides is 3. The molecular formula is C23H23N5O2S. The Balaban J connectivity index is 1.55. The summed E-state index contributed by atoms with van der Waals surface area (Å²) in [7, 11) is 0. The van der Waals surface area contributed by atoms with Gasteiger partial charge in [-0.15, -0.1) is 10.2 Å². The Labute approximate surface area is 185 Å².